The SMILES string of the molecule is c1ccc(-c2ccc(-c3nc(-c4cccc(-c5ccccc5)c4)nc(-c4ccc(-c5ccccc5)cc4-n4c5ccccc5c5ccc(-c6ccccc6)cc54)n3)cc2)cc1. The van der Waals surface area contributed by atoms with E-state index < -0.39 is 0 Å². The van der Waals surface area contributed by atoms with Crippen molar-refractivity contribution in [3.05, 3.63) is 231 Å². The van der Waals surface area contributed by atoms with Gasteiger partial charge in [0.25, 0.3) is 0 Å². The molecule has 0 saturated carbocycles. The van der Waals surface area contributed by atoms with Crippen LogP contribution >= 0.6 is 0 Å². The van der Waals surface area contributed by atoms with E-state index in [0.717, 1.165) is 72.4 Å². The van der Waals surface area contributed by atoms with Crippen molar-refractivity contribution in [2.45, 2.75) is 0 Å². The van der Waals surface area contributed by atoms with Gasteiger partial charge in [0.1, 0.15) is 0 Å². The average molecular weight is 779 g/mol. The highest BCUT2D eigenvalue weighted by atomic mass is 15.1. The molecule has 0 unspecified atom stereocenters. The minimum atomic E-state index is 0.594. The van der Waals surface area contributed by atoms with Crippen LogP contribution in [0.4, 0.5) is 0 Å². The van der Waals surface area contributed by atoms with Crippen molar-refractivity contribution in [2.24, 2.45) is 0 Å². The van der Waals surface area contributed by atoms with E-state index in [2.05, 4.69) is 223 Å². The van der Waals surface area contributed by atoms with Crippen molar-refractivity contribution in [3.63, 3.8) is 0 Å². The number of para-hydroxylation sites is 1. The second kappa shape index (κ2) is 15.5. The summed E-state index contributed by atoms with van der Waals surface area (Å²) in [6.07, 6.45) is 0. The Labute approximate surface area is 354 Å². The fourth-order valence-electron chi connectivity index (χ4n) is 8.42. The standard InChI is InChI=1S/C57H38N4/c1-5-16-39(17-6-1)43-28-30-44(31-29-43)55-58-56(48-25-15-24-45(36-48)40-18-7-2-8-19-40)60-57(59-55)51-35-33-47(42-22-11-4-12-23-42)38-54(51)61-52-27-14-13-26-49(52)50-34-32-46(37-53(50)61)41-20-9-3-10-21-41/h1-38H. The van der Waals surface area contributed by atoms with Gasteiger partial charge in [0.15, 0.2) is 17.5 Å². The van der Waals surface area contributed by atoms with Crippen LogP contribution in [0.15, 0.2) is 231 Å². The molecule has 4 heteroatoms. The molecule has 4 nitrogen and oxygen atoms in total. The number of rotatable bonds is 8. The summed E-state index contributed by atoms with van der Waals surface area (Å²) >= 11 is 0. The molecule has 0 aliphatic heterocycles. The topological polar surface area (TPSA) is 43.6 Å². The molecule has 0 atom stereocenters. The van der Waals surface area contributed by atoms with Gasteiger partial charge in [-0.3, -0.25) is 0 Å². The lowest BCUT2D eigenvalue weighted by molar-refractivity contribution is 1.06. The molecule has 0 N–H and O–H groups in total. The Bertz CT molecular complexity index is 3320. The van der Waals surface area contributed by atoms with E-state index in [0.29, 0.717) is 17.5 Å². The first kappa shape index (κ1) is 35.9. The van der Waals surface area contributed by atoms with Gasteiger partial charge in [-0.25, -0.2) is 15.0 Å². The second-order valence-electron chi connectivity index (χ2n) is 15.2. The first-order valence-corrected chi connectivity index (χ1v) is 20.6. The van der Waals surface area contributed by atoms with E-state index in [1.807, 2.05) is 12.1 Å². The maximum Gasteiger partial charge on any atom is 0.166 e. The molecule has 61 heavy (non-hydrogen) atoms. The average Bonchev–Trinajstić information content (AvgIpc) is 3.68. The van der Waals surface area contributed by atoms with E-state index >= 15 is 0 Å². The molecule has 0 amide bonds. The van der Waals surface area contributed by atoms with Gasteiger partial charge in [-0.15, -0.1) is 0 Å². The molecule has 0 bridgehead atoms. The summed E-state index contributed by atoms with van der Waals surface area (Å²) in [5, 5.41) is 2.36. The predicted octanol–water partition coefficient (Wildman–Crippen LogP) is 14.6. The predicted molar refractivity (Wildman–Crippen MR) is 252 cm³/mol. The Morgan fingerprint density at radius 1 is 0.246 bits per heavy atom. The molecule has 0 spiro atoms. The first-order valence-electron chi connectivity index (χ1n) is 20.6. The zero-order valence-corrected chi connectivity index (χ0v) is 33.2. The van der Waals surface area contributed by atoms with Gasteiger partial charge >= 0.3 is 0 Å². The molecule has 2 heterocycles. The highest BCUT2D eigenvalue weighted by Gasteiger charge is 2.21. The molecule has 0 aliphatic rings. The molecule has 0 aliphatic carbocycles. The fraction of sp³-hybridized carbons (Fsp3) is 0. The minimum Gasteiger partial charge on any atom is -0.308 e. The molecule has 0 radical (unpaired) electrons. The van der Waals surface area contributed by atoms with Gasteiger partial charge in [0.05, 0.1) is 16.7 Å². The van der Waals surface area contributed by atoms with Crippen LogP contribution in [0, 0.1) is 0 Å². The summed E-state index contributed by atoms with van der Waals surface area (Å²) in [7, 11) is 0. The lowest BCUT2D eigenvalue weighted by Gasteiger charge is -2.17. The van der Waals surface area contributed by atoms with Gasteiger partial charge in [0, 0.05) is 27.5 Å². The zero-order chi connectivity index (χ0) is 40.5. The summed E-state index contributed by atoms with van der Waals surface area (Å²) in [6.45, 7) is 0. The first-order chi connectivity index (χ1) is 30.2. The van der Waals surface area contributed by atoms with Gasteiger partial charge in [-0.05, 0) is 74.8 Å². The van der Waals surface area contributed by atoms with Crippen LogP contribution in [0.1, 0.15) is 0 Å². The third-order valence-corrected chi connectivity index (χ3v) is 11.5. The summed E-state index contributed by atoms with van der Waals surface area (Å²) in [6, 6.07) is 81.2. The Hall–Kier alpha value is -8.21. The molecule has 0 fully saturated rings. The molecule has 11 aromatic rings. The van der Waals surface area contributed by atoms with E-state index in [9.17, 15) is 0 Å². The summed E-state index contributed by atoms with van der Waals surface area (Å²) < 4.78 is 2.40. The third kappa shape index (κ3) is 6.86. The molecular weight excluding hydrogens is 741 g/mol. The number of aromatic nitrogens is 4. The number of nitrogens with zero attached hydrogens (tertiary/aromatic N) is 4. The number of hydrogen-bond donors (Lipinski definition) is 0. The van der Waals surface area contributed by atoms with E-state index in [-0.39, 0.29) is 0 Å². The quantitative estimate of drug-likeness (QED) is 0.154. The summed E-state index contributed by atoms with van der Waals surface area (Å²) in [5.74, 6) is 1.81. The van der Waals surface area contributed by atoms with E-state index in [1.54, 1.807) is 0 Å². The van der Waals surface area contributed by atoms with Crippen molar-refractivity contribution in [3.8, 4) is 84.4 Å². The second-order valence-corrected chi connectivity index (χ2v) is 15.2. The third-order valence-electron chi connectivity index (χ3n) is 11.5. The van der Waals surface area contributed by atoms with Gasteiger partial charge in [0.2, 0.25) is 0 Å². The van der Waals surface area contributed by atoms with E-state index in [4.69, 9.17) is 15.0 Å². The van der Waals surface area contributed by atoms with Crippen LogP contribution in [0.5, 0.6) is 0 Å². The minimum absolute atomic E-state index is 0.594. The maximum absolute atomic E-state index is 5.36. The Morgan fingerprint density at radius 3 is 1.30 bits per heavy atom. The van der Waals surface area contributed by atoms with Crippen LogP contribution < -0.4 is 0 Å². The van der Waals surface area contributed by atoms with Crippen LogP contribution in [0.25, 0.3) is 106 Å². The largest absolute Gasteiger partial charge is 0.308 e. The van der Waals surface area contributed by atoms with Gasteiger partial charge in [-0.1, -0.05) is 200 Å². The Kier molecular flexibility index (Phi) is 9.14. The lowest BCUT2D eigenvalue weighted by atomic mass is 10.0. The lowest BCUT2D eigenvalue weighted by Crippen LogP contribution is -2.04. The van der Waals surface area contributed by atoms with Crippen molar-refractivity contribution in [1.29, 1.82) is 0 Å². The van der Waals surface area contributed by atoms with Crippen molar-refractivity contribution >= 4 is 21.8 Å². The van der Waals surface area contributed by atoms with Crippen molar-refractivity contribution in [1.82, 2.24) is 19.5 Å². The number of benzene rings is 9. The molecule has 11 rings (SSSR count). The smallest absolute Gasteiger partial charge is 0.166 e. The van der Waals surface area contributed by atoms with Crippen LogP contribution in [-0.4, -0.2) is 19.5 Å². The molecule has 286 valence electrons. The fourth-order valence-corrected chi connectivity index (χ4v) is 8.42. The highest BCUT2D eigenvalue weighted by Crippen LogP contribution is 2.40. The van der Waals surface area contributed by atoms with Gasteiger partial charge in [-0.2, -0.15) is 0 Å². The zero-order valence-electron chi connectivity index (χ0n) is 33.2. The normalized spacial score (nSPS) is 11.3. The number of fused-ring (bicyclic) bond motifs is 3. The van der Waals surface area contributed by atoms with Crippen molar-refractivity contribution < 1.29 is 0 Å². The Morgan fingerprint density at radius 2 is 0.656 bits per heavy atom. The molecular formula is C57H38N4. The molecule has 0 saturated heterocycles. The van der Waals surface area contributed by atoms with E-state index in [1.165, 1.54) is 16.3 Å². The van der Waals surface area contributed by atoms with Gasteiger partial charge < -0.3 is 4.57 Å². The van der Waals surface area contributed by atoms with Crippen LogP contribution in [-0.2, 0) is 0 Å². The van der Waals surface area contributed by atoms with Crippen LogP contribution in [0.2, 0.25) is 0 Å². The Balaban J connectivity index is 1.17. The van der Waals surface area contributed by atoms with Crippen molar-refractivity contribution in [2.75, 3.05) is 0 Å². The number of hydrogen-bond acceptors (Lipinski definition) is 3. The molecule has 2 aromatic heterocycles. The van der Waals surface area contributed by atoms with Crippen LogP contribution in [0.3, 0.4) is 0 Å². The maximum atomic E-state index is 5.36. The summed E-state index contributed by atoms with van der Waals surface area (Å²) in [5.41, 5.74) is 15.0. The summed E-state index contributed by atoms with van der Waals surface area (Å²) in [4.78, 5) is 15.9. The highest BCUT2D eigenvalue weighted by molar-refractivity contribution is 6.10. The molecule has 9 aromatic carbocycles. The monoisotopic (exact) mass is 778 g/mol.